The van der Waals surface area contributed by atoms with Gasteiger partial charge in [-0.1, -0.05) is 0 Å². The van der Waals surface area contributed by atoms with E-state index in [4.69, 9.17) is 9.84 Å². The Morgan fingerprint density at radius 1 is 1.32 bits per heavy atom. The summed E-state index contributed by atoms with van der Waals surface area (Å²) in [5.74, 6) is -1.33. The van der Waals surface area contributed by atoms with Gasteiger partial charge in [-0.05, 0) is 12.8 Å². The fraction of sp³-hybridized carbons (Fsp3) is 0.833. The Morgan fingerprint density at radius 3 is 2.79 bits per heavy atom. The molecule has 2 amide bonds. The normalized spacial score (nSPS) is 28.3. The van der Waals surface area contributed by atoms with Crippen LogP contribution in [0.1, 0.15) is 12.8 Å². The van der Waals surface area contributed by atoms with Crippen LogP contribution in [0.3, 0.4) is 0 Å². The van der Waals surface area contributed by atoms with Gasteiger partial charge >= 0.3 is 12.0 Å². The molecule has 2 aliphatic rings. The van der Waals surface area contributed by atoms with Crippen LogP contribution >= 0.6 is 0 Å². The molecule has 7 nitrogen and oxygen atoms in total. The first-order valence-corrected chi connectivity index (χ1v) is 6.60. The van der Waals surface area contributed by atoms with Gasteiger partial charge in [0.15, 0.2) is 0 Å². The van der Waals surface area contributed by atoms with Crippen LogP contribution in [-0.2, 0) is 9.53 Å². The van der Waals surface area contributed by atoms with Crippen LogP contribution in [0.15, 0.2) is 0 Å². The molecule has 0 saturated carbocycles. The van der Waals surface area contributed by atoms with Crippen LogP contribution < -0.4 is 0 Å². The minimum atomic E-state index is -0.849. The monoisotopic (exact) mass is 272 g/mol. The second-order valence-corrected chi connectivity index (χ2v) is 5.01. The van der Waals surface area contributed by atoms with E-state index in [1.54, 1.807) is 9.80 Å². The van der Waals surface area contributed by atoms with Gasteiger partial charge in [0, 0.05) is 19.6 Å². The number of likely N-dealkylation sites (tertiary alicyclic amines) is 1. The van der Waals surface area contributed by atoms with Crippen LogP contribution in [0.2, 0.25) is 0 Å². The van der Waals surface area contributed by atoms with Crippen LogP contribution in [0.4, 0.5) is 4.79 Å². The number of carboxylic acid groups (broad SMARTS) is 1. The van der Waals surface area contributed by atoms with E-state index in [1.165, 1.54) is 0 Å². The maximum atomic E-state index is 12.4. The molecule has 0 spiro atoms. The summed E-state index contributed by atoms with van der Waals surface area (Å²) in [6, 6.07) is -0.514. The highest BCUT2D eigenvalue weighted by Gasteiger charge is 2.34. The molecule has 2 fully saturated rings. The number of hydrogen-bond donors (Lipinski definition) is 2. The van der Waals surface area contributed by atoms with Gasteiger partial charge in [-0.2, -0.15) is 0 Å². The summed E-state index contributed by atoms with van der Waals surface area (Å²) in [5.41, 5.74) is 0. The number of urea groups is 1. The van der Waals surface area contributed by atoms with Crippen LogP contribution in [-0.4, -0.2) is 77.5 Å². The molecule has 7 heteroatoms. The first-order valence-electron chi connectivity index (χ1n) is 6.60. The average Bonchev–Trinajstić information content (AvgIpc) is 2.46. The molecule has 2 atom stereocenters. The summed E-state index contributed by atoms with van der Waals surface area (Å²) in [4.78, 5) is 26.6. The zero-order valence-electron chi connectivity index (χ0n) is 10.8. The molecule has 2 heterocycles. The second-order valence-electron chi connectivity index (χ2n) is 5.01. The van der Waals surface area contributed by atoms with E-state index in [1.807, 2.05) is 0 Å². The Morgan fingerprint density at radius 2 is 2.11 bits per heavy atom. The third-order valence-corrected chi connectivity index (χ3v) is 3.73. The summed E-state index contributed by atoms with van der Waals surface area (Å²) in [6.07, 6.45) is 1.32. The maximum Gasteiger partial charge on any atom is 0.320 e. The fourth-order valence-corrected chi connectivity index (χ4v) is 2.59. The predicted molar refractivity (Wildman–Crippen MR) is 65.7 cm³/mol. The summed E-state index contributed by atoms with van der Waals surface area (Å²) in [7, 11) is 0. The minimum Gasteiger partial charge on any atom is -0.481 e. The Hall–Kier alpha value is -1.34. The summed E-state index contributed by atoms with van der Waals surface area (Å²) in [6.45, 7) is 1.93. The Balaban J connectivity index is 1.99. The average molecular weight is 272 g/mol. The molecular formula is C12H20N2O5. The minimum absolute atomic E-state index is 0.137. The van der Waals surface area contributed by atoms with E-state index in [2.05, 4.69) is 0 Å². The molecule has 2 N–H and O–H groups in total. The molecule has 2 saturated heterocycles. The summed E-state index contributed by atoms with van der Waals surface area (Å²) in [5, 5.41) is 18.3. The van der Waals surface area contributed by atoms with Gasteiger partial charge in [-0.25, -0.2) is 4.79 Å². The molecule has 0 aliphatic carbocycles. The molecule has 0 aromatic carbocycles. The van der Waals surface area contributed by atoms with E-state index < -0.39 is 11.9 Å². The molecular weight excluding hydrogens is 252 g/mol. The number of aliphatic hydroxyl groups is 1. The van der Waals surface area contributed by atoms with Crippen molar-refractivity contribution in [2.75, 3.05) is 39.5 Å². The molecule has 0 aromatic rings. The maximum absolute atomic E-state index is 12.4. The van der Waals surface area contributed by atoms with Gasteiger partial charge in [0.1, 0.15) is 0 Å². The molecule has 2 aliphatic heterocycles. The van der Waals surface area contributed by atoms with Gasteiger partial charge < -0.3 is 24.7 Å². The fourth-order valence-electron chi connectivity index (χ4n) is 2.59. The Bertz CT molecular complexity index is 349. The van der Waals surface area contributed by atoms with Crippen LogP contribution in [0.5, 0.6) is 0 Å². The van der Waals surface area contributed by atoms with Crippen LogP contribution in [0, 0.1) is 5.92 Å². The van der Waals surface area contributed by atoms with Gasteiger partial charge in [0.2, 0.25) is 0 Å². The third kappa shape index (κ3) is 3.16. The largest absolute Gasteiger partial charge is 0.481 e. The van der Waals surface area contributed by atoms with Crippen molar-refractivity contribution >= 4 is 12.0 Å². The standard InChI is InChI=1S/C12H20N2O5/c15-7-10-8-19-5-4-14(10)12(18)13-3-1-2-9(6-13)11(16)17/h9-10,15H,1-8H2,(H,16,17)/t9-,10?/m0/s1. The third-order valence-electron chi connectivity index (χ3n) is 3.73. The highest BCUT2D eigenvalue weighted by atomic mass is 16.5. The molecule has 2 rings (SSSR count). The number of nitrogens with zero attached hydrogens (tertiary/aromatic N) is 2. The van der Waals surface area contributed by atoms with Crippen molar-refractivity contribution in [3.8, 4) is 0 Å². The number of ether oxygens (including phenoxy) is 1. The van der Waals surface area contributed by atoms with E-state index >= 15 is 0 Å². The van der Waals surface area contributed by atoms with Crippen molar-refractivity contribution in [1.82, 2.24) is 9.80 Å². The molecule has 108 valence electrons. The quantitative estimate of drug-likeness (QED) is 0.713. The van der Waals surface area contributed by atoms with E-state index in [9.17, 15) is 14.7 Å². The number of carbonyl (C=O) groups excluding carboxylic acids is 1. The zero-order chi connectivity index (χ0) is 13.8. The van der Waals surface area contributed by atoms with Crippen LogP contribution in [0.25, 0.3) is 0 Å². The molecule has 0 radical (unpaired) electrons. The van der Waals surface area contributed by atoms with Crippen molar-refractivity contribution in [3.63, 3.8) is 0 Å². The Labute approximate surface area is 111 Å². The van der Waals surface area contributed by atoms with Crippen molar-refractivity contribution < 1.29 is 24.5 Å². The topological polar surface area (TPSA) is 90.3 Å². The number of hydrogen-bond acceptors (Lipinski definition) is 4. The zero-order valence-corrected chi connectivity index (χ0v) is 10.8. The lowest BCUT2D eigenvalue weighted by Crippen LogP contribution is -2.56. The lowest BCUT2D eigenvalue weighted by atomic mass is 9.98. The predicted octanol–water partition coefficient (Wildman–Crippen LogP) is -0.404. The second kappa shape index (κ2) is 6.21. The molecule has 0 aromatic heterocycles. The first-order chi connectivity index (χ1) is 9.13. The highest BCUT2D eigenvalue weighted by molar-refractivity contribution is 5.77. The smallest absolute Gasteiger partial charge is 0.320 e. The van der Waals surface area contributed by atoms with Crippen molar-refractivity contribution in [3.05, 3.63) is 0 Å². The summed E-state index contributed by atoms with van der Waals surface area (Å²) < 4.78 is 5.23. The summed E-state index contributed by atoms with van der Waals surface area (Å²) >= 11 is 0. The van der Waals surface area contributed by atoms with Gasteiger partial charge in [0.05, 0.1) is 31.8 Å². The van der Waals surface area contributed by atoms with Gasteiger partial charge in [0.25, 0.3) is 0 Å². The number of morpholine rings is 1. The van der Waals surface area contributed by atoms with Crippen molar-refractivity contribution in [2.24, 2.45) is 5.92 Å². The van der Waals surface area contributed by atoms with E-state index in [0.717, 1.165) is 0 Å². The SMILES string of the molecule is O=C(O)[C@H]1CCCN(C(=O)N2CCOCC2CO)C1. The number of carbonyl (C=O) groups is 2. The molecule has 19 heavy (non-hydrogen) atoms. The van der Waals surface area contributed by atoms with Gasteiger partial charge in [-0.3, -0.25) is 4.79 Å². The lowest BCUT2D eigenvalue weighted by molar-refractivity contribution is -0.143. The first kappa shape index (κ1) is 14.1. The van der Waals surface area contributed by atoms with Gasteiger partial charge in [-0.15, -0.1) is 0 Å². The molecule has 0 bridgehead atoms. The number of piperidine rings is 1. The van der Waals surface area contributed by atoms with E-state index in [0.29, 0.717) is 39.1 Å². The van der Waals surface area contributed by atoms with E-state index in [-0.39, 0.29) is 25.2 Å². The number of carboxylic acids is 1. The highest BCUT2D eigenvalue weighted by Crippen LogP contribution is 2.19. The number of aliphatic hydroxyl groups excluding tert-OH is 1. The number of aliphatic carboxylic acids is 1. The van der Waals surface area contributed by atoms with Crippen molar-refractivity contribution in [2.45, 2.75) is 18.9 Å². The molecule has 1 unspecified atom stereocenters. The lowest BCUT2D eigenvalue weighted by Gasteiger charge is -2.40. The number of amides is 2. The number of rotatable bonds is 2. The van der Waals surface area contributed by atoms with Crippen molar-refractivity contribution in [1.29, 1.82) is 0 Å². The Kier molecular flexibility index (Phi) is 4.60.